The minimum atomic E-state index is -0.694. The number of piperidine rings is 1. The van der Waals surface area contributed by atoms with Gasteiger partial charge >= 0.3 is 6.09 Å². The summed E-state index contributed by atoms with van der Waals surface area (Å²) in [6.45, 7) is 10.1. The van der Waals surface area contributed by atoms with Crippen LogP contribution in [-0.2, 0) is 16.1 Å². The van der Waals surface area contributed by atoms with E-state index in [-0.39, 0.29) is 22.9 Å². The zero-order chi connectivity index (χ0) is 21.7. The van der Waals surface area contributed by atoms with Crippen molar-refractivity contribution >= 4 is 17.7 Å². The number of hydrogen-bond donors (Lipinski definition) is 3. The fourth-order valence-corrected chi connectivity index (χ4v) is 3.60. The molecule has 3 N–H and O–H groups in total. The second kappa shape index (κ2) is 11.1. The predicted octanol–water partition coefficient (Wildman–Crippen LogP) is -0.129. The van der Waals surface area contributed by atoms with Gasteiger partial charge in [-0.25, -0.2) is 4.79 Å². The molecule has 170 valence electrons. The third kappa shape index (κ3) is 8.62. The minimum absolute atomic E-state index is 0. The molecule has 1 heterocycles. The van der Waals surface area contributed by atoms with Crippen LogP contribution in [0.5, 0.6) is 0 Å². The van der Waals surface area contributed by atoms with Crippen LogP contribution in [0.3, 0.4) is 0 Å². The molecule has 1 fully saturated rings. The molecule has 1 aliphatic rings. The number of quaternary nitrogens is 1. The zero-order valence-corrected chi connectivity index (χ0v) is 20.6. The van der Waals surface area contributed by atoms with Crippen molar-refractivity contribution in [2.24, 2.45) is 0 Å². The van der Waals surface area contributed by atoms with Crippen LogP contribution in [0.1, 0.15) is 46.1 Å². The van der Waals surface area contributed by atoms with Gasteiger partial charge in [-0.05, 0) is 39.8 Å². The zero-order valence-electron chi connectivity index (χ0n) is 19.0. The highest BCUT2D eigenvalue weighted by atomic mass is 79.9. The van der Waals surface area contributed by atoms with Crippen molar-refractivity contribution in [1.82, 2.24) is 10.6 Å². The molecule has 1 saturated heterocycles. The van der Waals surface area contributed by atoms with E-state index in [9.17, 15) is 9.59 Å². The van der Waals surface area contributed by atoms with E-state index < -0.39 is 17.7 Å². The summed E-state index contributed by atoms with van der Waals surface area (Å²) in [5.74, 6) is -0.283. The predicted molar refractivity (Wildman–Crippen MR) is 116 cm³/mol. The van der Waals surface area contributed by atoms with Gasteiger partial charge in [0.15, 0.2) is 0 Å². The van der Waals surface area contributed by atoms with Crippen molar-refractivity contribution < 1.29 is 35.8 Å². The van der Waals surface area contributed by atoms with Crippen molar-refractivity contribution in [2.75, 3.05) is 32.5 Å². The number of carbonyl (C=O) groups is 2. The Hall–Kier alpha value is -1.64. The second-order valence-corrected chi connectivity index (χ2v) is 9.47. The molecule has 0 saturated carbocycles. The Balaban J connectivity index is 0.00000450. The molecule has 1 aromatic rings. The summed E-state index contributed by atoms with van der Waals surface area (Å²) in [7, 11) is 4.57. The lowest BCUT2D eigenvalue weighted by molar-refractivity contribution is -0.928. The first-order valence-corrected chi connectivity index (χ1v) is 10.4. The Morgan fingerprint density at radius 1 is 1.17 bits per heavy atom. The molecule has 2 amide bonds. The summed E-state index contributed by atoms with van der Waals surface area (Å²) < 4.78 is 6.15. The Morgan fingerprint density at radius 3 is 2.27 bits per heavy atom. The van der Waals surface area contributed by atoms with Crippen LogP contribution in [0.25, 0.3) is 0 Å². The third-order valence-corrected chi connectivity index (χ3v) is 5.24. The summed E-state index contributed by atoms with van der Waals surface area (Å²) in [6.07, 6.45) is 1.79. The molecule has 0 aliphatic carbocycles. The number of nitrogens with zero attached hydrogens (tertiary/aromatic N) is 1. The molecular formula is C22H37BrN4O3. The number of ether oxygens (including phenoxy) is 1. The first-order chi connectivity index (χ1) is 13.5. The number of nitrogens with one attached hydrogen (secondary N) is 3. The van der Waals surface area contributed by atoms with Crippen LogP contribution in [0.15, 0.2) is 24.3 Å². The van der Waals surface area contributed by atoms with E-state index in [1.807, 2.05) is 12.1 Å². The molecule has 0 unspecified atom stereocenters. The molecule has 30 heavy (non-hydrogen) atoms. The number of amides is 2. The molecule has 2 rings (SSSR count). The van der Waals surface area contributed by atoms with E-state index in [1.54, 1.807) is 27.7 Å². The number of hydrogen-bond acceptors (Lipinski definition) is 4. The van der Waals surface area contributed by atoms with Gasteiger partial charge < -0.3 is 42.2 Å². The summed E-state index contributed by atoms with van der Waals surface area (Å²) in [5, 5.41) is 8.82. The highest BCUT2D eigenvalue weighted by Gasteiger charge is 2.29. The van der Waals surface area contributed by atoms with Crippen LogP contribution in [0.4, 0.5) is 10.5 Å². The first kappa shape index (κ1) is 26.4. The van der Waals surface area contributed by atoms with E-state index in [1.165, 1.54) is 18.4 Å². The number of alkyl carbamates (subject to hydrolysis) is 1. The number of halogens is 1. The Labute approximate surface area is 191 Å². The largest absolute Gasteiger partial charge is 1.00 e. The molecule has 1 atom stereocenters. The monoisotopic (exact) mass is 484 g/mol. The van der Waals surface area contributed by atoms with Crippen LogP contribution >= 0.6 is 0 Å². The normalized spacial score (nSPS) is 16.2. The summed E-state index contributed by atoms with van der Waals surface area (Å²) in [5.41, 5.74) is 1.35. The quantitative estimate of drug-likeness (QED) is 0.491. The van der Waals surface area contributed by atoms with Crippen LogP contribution in [0.2, 0.25) is 0 Å². The lowest BCUT2D eigenvalue weighted by Crippen LogP contribution is -3.00. The number of carbonyl (C=O) groups excluding carboxylic acids is 2. The Bertz CT molecular complexity index is 695. The van der Waals surface area contributed by atoms with Gasteiger partial charge in [-0.3, -0.25) is 4.79 Å². The van der Waals surface area contributed by atoms with Gasteiger partial charge in [0.1, 0.15) is 18.2 Å². The van der Waals surface area contributed by atoms with Crippen molar-refractivity contribution in [3.63, 3.8) is 0 Å². The van der Waals surface area contributed by atoms with Crippen molar-refractivity contribution in [3.8, 4) is 0 Å². The molecule has 0 bridgehead atoms. The molecule has 0 aromatic heterocycles. The van der Waals surface area contributed by atoms with Crippen molar-refractivity contribution in [3.05, 3.63) is 29.8 Å². The third-order valence-electron chi connectivity index (χ3n) is 5.24. The molecule has 0 radical (unpaired) electrons. The van der Waals surface area contributed by atoms with Gasteiger partial charge in [0.05, 0.1) is 20.1 Å². The van der Waals surface area contributed by atoms with E-state index in [0.29, 0.717) is 11.7 Å². The van der Waals surface area contributed by atoms with Crippen LogP contribution in [-0.4, -0.2) is 61.4 Å². The average molecular weight is 485 g/mol. The van der Waals surface area contributed by atoms with E-state index in [4.69, 9.17) is 4.74 Å². The number of rotatable bonds is 6. The molecular weight excluding hydrogens is 448 g/mol. The summed E-state index contributed by atoms with van der Waals surface area (Å²) >= 11 is 0. The lowest BCUT2D eigenvalue weighted by atomic mass is 10.0. The maximum Gasteiger partial charge on any atom is 0.408 e. The maximum atomic E-state index is 12.3. The Morgan fingerprint density at radius 2 is 1.73 bits per heavy atom. The maximum absolute atomic E-state index is 12.3. The average Bonchev–Trinajstić information content (AvgIpc) is 2.62. The molecule has 0 spiro atoms. The van der Waals surface area contributed by atoms with Gasteiger partial charge in [0.25, 0.3) is 0 Å². The SMILES string of the molecule is C[C@H](NC(=O)OC(C)(C)C)C(=O)Nc1ccc(C[N+](C)(C)C2CCNCC2)cc1.[Br-]. The number of anilines is 1. The molecule has 7 nitrogen and oxygen atoms in total. The highest BCUT2D eigenvalue weighted by Crippen LogP contribution is 2.21. The smallest absolute Gasteiger partial charge is 0.408 e. The van der Waals surface area contributed by atoms with Crippen LogP contribution < -0.4 is 32.9 Å². The fourth-order valence-electron chi connectivity index (χ4n) is 3.60. The van der Waals surface area contributed by atoms with Gasteiger partial charge in [-0.1, -0.05) is 12.1 Å². The van der Waals surface area contributed by atoms with Crippen LogP contribution in [0, 0.1) is 0 Å². The molecule has 8 heteroatoms. The fraction of sp³-hybridized carbons (Fsp3) is 0.636. The molecule has 1 aliphatic heterocycles. The molecule has 1 aromatic carbocycles. The second-order valence-electron chi connectivity index (χ2n) is 9.47. The summed E-state index contributed by atoms with van der Waals surface area (Å²) in [6, 6.07) is 7.91. The van der Waals surface area contributed by atoms with E-state index in [2.05, 4.69) is 42.2 Å². The van der Waals surface area contributed by atoms with Gasteiger partial charge in [-0.15, -0.1) is 0 Å². The minimum Gasteiger partial charge on any atom is -1.00 e. The van der Waals surface area contributed by atoms with E-state index in [0.717, 1.165) is 24.1 Å². The van der Waals surface area contributed by atoms with Crippen molar-refractivity contribution in [1.29, 1.82) is 0 Å². The Kier molecular flexibility index (Phi) is 9.78. The van der Waals surface area contributed by atoms with Gasteiger partial charge in [0, 0.05) is 37.2 Å². The topological polar surface area (TPSA) is 79.5 Å². The first-order valence-electron chi connectivity index (χ1n) is 10.4. The lowest BCUT2D eigenvalue weighted by Gasteiger charge is -2.40. The van der Waals surface area contributed by atoms with Crippen molar-refractivity contribution in [2.45, 2.75) is 64.8 Å². The van der Waals surface area contributed by atoms with Gasteiger partial charge in [0.2, 0.25) is 5.91 Å². The highest BCUT2D eigenvalue weighted by molar-refractivity contribution is 5.96. The standard InChI is InChI=1S/C22H36N4O3.BrH/c1-16(24-21(28)29-22(2,3)4)20(27)25-18-9-7-17(8-10-18)15-26(5,6)19-11-13-23-14-12-19;/h7-10,16,19,23H,11-15H2,1-6H3,(H-,24,25,27,28);1H/t16-;/m0./s1. The summed E-state index contributed by atoms with van der Waals surface area (Å²) in [4.78, 5) is 24.2. The number of benzene rings is 1. The van der Waals surface area contributed by atoms with E-state index >= 15 is 0 Å². The van der Waals surface area contributed by atoms with Gasteiger partial charge in [-0.2, -0.15) is 0 Å².